The number of anilines is 6. The lowest BCUT2D eigenvalue weighted by Gasteiger charge is -2.26. The van der Waals surface area contributed by atoms with Crippen LogP contribution >= 0.6 is 0 Å². The minimum absolute atomic E-state index is 0.00392. The third-order valence-corrected chi connectivity index (χ3v) is 12.0. The zero-order valence-electron chi connectivity index (χ0n) is 36.5. The molecule has 1 aromatic heterocycles. The van der Waals surface area contributed by atoms with Crippen molar-refractivity contribution in [3.05, 3.63) is 181 Å². The predicted molar refractivity (Wildman–Crippen MR) is 260 cm³/mol. The van der Waals surface area contributed by atoms with Crippen molar-refractivity contribution in [2.24, 2.45) is 0 Å². The lowest BCUT2D eigenvalue weighted by atomic mass is 9.88. The maximum atomic E-state index is 9.95. The minimum Gasteiger partial charge on any atom is -0.497 e. The highest BCUT2D eigenvalue weighted by molar-refractivity contribution is 6.21. The fourth-order valence-corrected chi connectivity index (χ4v) is 8.74. The topological polar surface area (TPSA) is 117 Å². The highest BCUT2D eigenvalue weighted by Crippen LogP contribution is 2.51. The Bertz CT molecular complexity index is 3030. The van der Waals surface area contributed by atoms with E-state index in [1.807, 2.05) is 97.1 Å². The molecule has 10 nitrogen and oxygen atoms in total. The molecule has 0 bridgehead atoms. The molecular formula is C56H40N6O4. The first-order valence-electron chi connectivity index (χ1n) is 21.1. The van der Waals surface area contributed by atoms with Crippen LogP contribution in [0.2, 0.25) is 0 Å². The van der Waals surface area contributed by atoms with Gasteiger partial charge in [-0.1, -0.05) is 48.5 Å². The summed E-state index contributed by atoms with van der Waals surface area (Å²) in [5.74, 6) is 3.09. The van der Waals surface area contributed by atoms with Gasteiger partial charge in [0, 0.05) is 50.6 Å². The van der Waals surface area contributed by atoms with Crippen LogP contribution in [0.15, 0.2) is 170 Å². The van der Waals surface area contributed by atoms with Crippen LogP contribution in [0, 0.1) is 22.7 Å². The molecule has 0 saturated carbocycles. The van der Waals surface area contributed by atoms with Gasteiger partial charge in [-0.15, -0.1) is 0 Å². The fourth-order valence-electron chi connectivity index (χ4n) is 8.74. The summed E-state index contributed by atoms with van der Waals surface area (Å²) in [6.07, 6.45) is 0. The van der Waals surface area contributed by atoms with Crippen LogP contribution in [0.4, 0.5) is 34.1 Å². The van der Waals surface area contributed by atoms with E-state index < -0.39 is 0 Å². The third kappa shape index (κ3) is 7.19. The first kappa shape index (κ1) is 40.9. The number of nitrogens with zero attached hydrogens (tertiary/aromatic N) is 6. The number of aromatic nitrogens is 2. The monoisotopic (exact) mass is 860 g/mol. The molecular weight excluding hydrogens is 821 g/mol. The van der Waals surface area contributed by atoms with E-state index in [2.05, 4.69) is 94.7 Å². The molecule has 0 atom stereocenters. The molecule has 9 aromatic rings. The molecule has 1 aliphatic carbocycles. The van der Waals surface area contributed by atoms with Crippen LogP contribution in [-0.4, -0.2) is 38.4 Å². The van der Waals surface area contributed by atoms with Crippen LogP contribution in [0.25, 0.3) is 55.5 Å². The second-order valence-corrected chi connectivity index (χ2v) is 15.5. The highest BCUT2D eigenvalue weighted by atomic mass is 16.5. The number of nitriles is 2. The fraction of sp³-hybridized carbons (Fsp3) is 0.0714. The average molecular weight is 861 g/mol. The summed E-state index contributed by atoms with van der Waals surface area (Å²) in [5.41, 5.74) is 12.7. The number of hydrogen-bond acceptors (Lipinski definition) is 10. The summed E-state index contributed by atoms with van der Waals surface area (Å²) in [6.45, 7) is 0. The van der Waals surface area contributed by atoms with Crippen molar-refractivity contribution in [2.45, 2.75) is 0 Å². The molecule has 1 aliphatic rings. The van der Waals surface area contributed by atoms with Gasteiger partial charge in [0.15, 0.2) is 11.4 Å². The standard InChI is InChI=1S/C56H40N6O4/c1-63-43-21-13-39(14-22-43)61(40-15-23-44(64-2)24-16-40)37-9-5-35(6-10-37)47-29-31-49-54-50(56-55(49)59-51(33-57)52(34-58)60-56)32-30-48(53(47)54)36-7-11-38(12-8-36)62(41-17-25-45(65-3)26-18-41)42-19-27-46(66-4)28-20-42/h5-32H,1-4H3. The van der Waals surface area contributed by atoms with Crippen molar-refractivity contribution >= 4 is 44.9 Å². The second kappa shape index (κ2) is 17.2. The molecule has 1 heterocycles. The van der Waals surface area contributed by atoms with E-state index in [-0.39, 0.29) is 11.4 Å². The average Bonchev–Trinajstić information content (AvgIpc) is 3.70. The van der Waals surface area contributed by atoms with Crippen molar-refractivity contribution in [3.8, 4) is 79.9 Å². The Morgan fingerprint density at radius 2 is 0.576 bits per heavy atom. The maximum Gasteiger partial charge on any atom is 0.177 e. The van der Waals surface area contributed by atoms with E-state index in [0.717, 1.165) is 101 Å². The molecule has 318 valence electrons. The Balaban J connectivity index is 1.12. The van der Waals surface area contributed by atoms with E-state index in [1.165, 1.54) is 0 Å². The summed E-state index contributed by atoms with van der Waals surface area (Å²) < 4.78 is 21.9. The number of rotatable bonds is 12. The van der Waals surface area contributed by atoms with Gasteiger partial charge < -0.3 is 28.7 Å². The van der Waals surface area contributed by atoms with Crippen LogP contribution in [0.3, 0.4) is 0 Å². The maximum absolute atomic E-state index is 9.95. The van der Waals surface area contributed by atoms with Crippen LogP contribution < -0.4 is 28.7 Å². The van der Waals surface area contributed by atoms with Crippen LogP contribution in [-0.2, 0) is 0 Å². The predicted octanol–water partition coefficient (Wildman–Crippen LogP) is 13.3. The molecule has 10 heteroatoms. The van der Waals surface area contributed by atoms with Gasteiger partial charge in [-0.3, -0.25) is 0 Å². The Kier molecular flexibility index (Phi) is 10.7. The molecule has 0 radical (unpaired) electrons. The quantitative estimate of drug-likeness (QED) is 0.117. The zero-order valence-corrected chi connectivity index (χ0v) is 36.5. The van der Waals surface area contributed by atoms with E-state index in [0.29, 0.717) is 11.4 Å². The summed E-state index contributed by atoms with van der Waals surface area (Å²) >= 11 is 0. The normalized spacial score (nSPS) is 11.0. The van der Waals surface area contributed by atoms with Crippen molar-refractivity contribution in [2.75, 3.05) is 38.2 Å². The van der Waals surface area contributed by atoms with Gasteiger partial charge in [-0.25, -0.2) is 9.97 Å². The summed E-state index contributed by atoms with van der Waals surface area (Å²) in [7, 11) is 6.65. The van der Waals surface area contributed by atoms with Crippen molar-refractivity contribution < 1.29 is 18.9 Å². The summed E-state index contributed by atoms with van der Waals surface area (Å²) in [6, 6.07) is 61.6. The number of benzene rings is 8. The van der Waals surface area contributed by atoms with Crippen LogP contribution in [0.5, 0.6) is 23.0 Å². The van der Waals surface area contributed by atoms with Gasteiger partial charge in [-0.05, 0) is 149 Å². The molecule has 8 aromatic carbocycles. The van der Waals surface area contributed by atoms with E-state index in [9.17, 15) is 10.5 Å². The number of fused-ring (bicyclic) bond motifs is 3. The molecule has 0 fully saturated rings. The largest absolute Gasteiger partial charge is 0.497 e. The second-order valence-electron chi connectivity index (χ2n) is 15.5. The molecule has 66 heavy (non-hydrogen) atoms. The lowest BCUT2D eigenvalue weighted by Crippen LogP contribution is -2.09. The number of ether oxygens (including phenoxy) is 4. The Labute approximate surface area is 382 Å². The molecule has 0 saturated heterocycles. The molecule has 0 aliphatic heterocycles. The third-order valence-electron chi connectivity index (χ3n) is 12.0. The van der Waals surface area contributed by atoms with E-state index in [1.54, 1.807) is 28.4 Å². The smallest absolute Gasteiger partial charge is 0.177 e. The highest BCUT2D eigenvalue weighted by Gasteiger charge is 2.29. The van der Waals surface area contributed by atoms with Crippen molar-refractivity contribution in [3.63, 3.8) is 0 Å². The summed E-state index contributed by atoms with van der Waals surface area (Å²) in [5, 5.41) is 21.9. The Morgan fingerprint density at radius 3 is 0.833 bits per heavy atom. The lowest BCUT2D eigenvalue weighted by molar-refractivity contribution is 0.414. The van der Waals surface area contributed by atoms with Gasteiger partial charge in [0.25, 0.3) is 0 Å². The minimum atomic E-state index is 0.00392. The molecule has 0 spiro atoms. The van der Waals surface area contributed by atoms with Gasteiger partial charge in [0.2, 0.25) is 0 Å². The molecule has 0 amide bonds. The number of methoxy groups -OCH3 is 4. The van der Waals surface area contributed by atoms with Crippen LogP contribution in [0.1, 0.15) is 11.4 Å². The van der Waals surface area contributed by atoms with Gasteiger partial charge in [-0.2, -0.15) is 10.5 Å². The van der Waals surface area contributed by atoms with E-state index in [4.69, 9.17) is 28.9 Å². The van der Waals surface area contributed by atoms with Gasteiger partial charge >= 0.3 is 0 Å². The molecule has 0 unspecified atom stereocenters. The first-order valence-corrected chi connectivity index (χ1v) is 21.1. The zero-order chi connectivity index (χ0) is 45.3. The van der Waals surface area contributed by atoms with Crippen molar-refractivity contribution in [1.82, 2.24) is 9.97 Å². The van der Waals surface area contributed by atoms with Gasteiger partial charge in [0.1, 0.15) is 35.1 Å². The van der Waals surface area contributed by atoms with E-state index >= 15 is 0 Å². The van der Waals surface area contributed by atoms with Gasteiger partial charge in [0.05, 0.1) is 39.8 Å². The molecule has 0 N–H and O–H groups in total. The summed E-state index contributed by atoms with van der Waals surface area (Å²) in [4.78, 5) is 13.8. The van der Waals surface area contributed by atoms with Crippen molar-refractivity contribution in [1.29, 1.82) is 10.5 Å². The molecule has 10 rings (SSSR count). The Hall–Kier alpha value is -9.12. The Morgan fingerprint density at radius 1 is 0.333 bits per heavy atom. The first-order chi connectivity index (χ1) is 32.4. The number of hydrogen-bond donors (Lipinski definition) is 0. The SMILES string of the molecule is COc1ccc(N(c2ccc(OC)cc2)c2ccc(-c3ccc4c5c(ccc(-c6ccc(N(c7ccc(OC)cc7)c7ccc(OC)cc7)cc6)c35)-c3nc(C#N)c(C#N)nc3-4)cc2)cc1.